The summed E-state index contributed by atoms with van der Waals surface area (Å²) in [5.74, 6) is 0.379. The molecule has 0 aliphatic heterocycles. The lowest BCUT2D eigenvalue weighted by atomic mass is 10.1. The lowest BCUT2D eigenvalue weighted by Gasteiger charge is -2.10. The third kappa shape index (κ3) is 5.44. The first-order chi connectivity index (χ1) is 13.9. The van der Waals surface area contributed by atoms with E-state index in [9.17, 15) is 14.0 Å². The molecule has 0 spiro atoms. The highest BCUT2D eigenvalue weighted by molar-refractivity contribution is 5.94. The van der Waals surface area contributed by atoms with E-state index in [0.717, 1.165) is 5.56 Å². The van der Waals surface area contributed by atoms with Crippen LogP contribution in [0.25, 0.3) is 0 Å². The molecule has 0 atom stereocenters. The second-order valence-corrected chi connectivity index (χ2v) is 6.59. The van der Waals surface area contributed by atoms with E-state index in [4.69, 9.17) is 9.15 Å². The SMILES string of the molecule is CN(C)C(=O)c1ccc(CNC(=O)c2ccc(COc3ccc(F)cc3)o2)cc1. The molecule has 3 rings (SSSR count). The zero-order valence-corrected chi connectivity index (χ0v) is 16.1. The summed E-state index contributed by atoms with van der Waals surface area (Å²) in [4.78, 5) is 25.6. The molecule has 0 saturated heterocycles. The Morgan fingerprint density at radius 3 is 2.34 bits per heavy atom. The maximum absolute atomic E-state index is 12.9. The van der Waals surface area contributed by atoms with Crippen molar-refractivity contribution in [3.8, 4) is 5.75 Å². The molecule has 1 N–H and O–H groups in total. The number of carbonyl (C=O) groups is 2. The normalized spacial score (nSPS) is 10.4. The van der Waals surface area contributed by atoms with Crippen molar-refractivity contribution in [2.75, 3.05) is 14.1 Å². The van der Waals surface area contributed by atoms with Gasteiger partial charge in [-0.3, -0.25) is 9.59 Å². The van der Waals surface area contributed by atoms with Crippen LogP contribution in [0.2, 0.25) is 0 Å². The highest BCUT2D eigenvalue weighted by Gasteiger charge is 2.12. The Kier molecular flexibility index (Phi) is 6.29. The number of amides is 2. The summed E-state index contributed by atoms with van der Waals surface area (Å²) in [6.07, 6.45) is 0. The number of nitrogens with one attached hydrogen (secondary N) is 1. The van der Waals surface area contributed by atoms with Gasteiger partial charge >= 0.3 is 0 Å². The standard InChI is InChI=1S/C22H21FN2O4/c1-25(2)22(27)16-5-3-15(4-6-16)13-24-21(26)20-12-11-19(29-20)14-28-18-9-7-17(23)8-10-18/h3-12H,13-14H2,1-2H3,(H,24,26). The molecule has 0 unspecified atom stereocenters. The molecular formula is C22H21FN2O4. The van der Waals surface area contributed by atoms with Crippen molar-refractivity contribution < 1.29 is 23.1 Å². The monoisotopic (exact) mass is 396 g/mol. The molecule has 29 heavy (non-hydrogen) atoms. The second kappa shape index (κ2) is 9.05. The first kappa shape index (κ1) is 20.1. The molecule has 2 amide bonds. The molecule has 1 aromatic heterocycles. The van der Waals surface area contributed by atoms with Crippen LogP contribution in [0.5, 0.6) is 5.75 Å². The average Bonchev–Trinajstić information content (AvgIpc) is 3.20. The van der Waals surface area contributed by atoms with E-state index >= 15 is 0 Å². The topological polar surface area (TPSA) is 71.8 Å². The molecule has 0 saturated carbocycles. The molecule has 1 heterocycles. The summed E-state index contributed by atoms with van der Waals surface area (Å²) >= 11 is 0. The lowest BCUT2D eigenvalue weighted by molar-refractivity contribution is 0.0827. The minimum atomic E-state index is -0.355. The number of hydrogen-bond donors (Lipinski definition) is 1. The Morgan fingerprint density at radius 2 is 1.69 bits per heavy atom. The van der Waals surface area contributed by atoms with Gasteiger partial charge in [-0.15, -0.1) is 0 Å². The van der Waals surface area contributed by atoms with Crippen LogP contribution in [0.1, 0.15) is 32.2 Å². The molecule has 0 aliphatic carbocycles. The van der Waals surface area contributed by atoms with Gasteiger partial charge in [0.05, 0.1) is 0 Å². The number of halogens is 1. The van der Waals surface area contributed by atoms with Crippen LogP contribution in [-0.4, -0.2) is 30.8 Å². The largest absolute Gasteiger partial charge is 0.486 e. The molecular weight excluding hydrogens is 375 g/mol. The van der Waals surface area contributed by atoms with Crippen molar-refractivity contribution in [3.63, 3.8) is 0 Å². The fraction of sp³-hybridized carbons (Fsp3) is 0.182. The summed E-state index contributed by atoms with van der Waals surface area (Å²) in [5, 5.41) is 2.77. The van der Waals surface area contributed by atoms with E-state index in [1.54, 1.807) is 50.5 Å². The molecule has 6 nitrogen and oxygen atoms in total. The smallest absolute Gasteiger partial charge is 0.287 e. The zero-order valence-electron chi connectivity index (χ0n) is 16.1. The Balaban J connectivity index is 1.51. The van der Waals surface area contributed by atoms with E-state index in [0.29, 0.717) is 23.6 Å². The van der Waals surface area contributed by atoms with Crippen LogP contribution < -0.4 is 10.1 Å². The fourth-order valence-corrected chi connectivity index (χ4v) is 2.56. The summed E-state index contributed by atoms with van der Waals surface area (Å²) in [7, 11) is 3.39. The van der Waals surface area contributed by atoms with Crippen LogP contribution in [0.15, 0.2) is 65.1 Å². The Hall–Kier alpha value is -3.61. The van der Waals surface area contributed by atoms with Gasteiger partial charge in [0.15, 0.2) is 5.76 Å². The van der Waals surface area contributed by atoms with Crippen molar-refractivity contribution >= 4 is 11.8 Å². The molecule has 3 aromatic rings. The average molecular weight is 396 g/mol. The van der Waals surface area contributed by atoms with Gasteiger partial charge in [-0.05, 0) is 54.1 Å². The molecule has 0 radical (unpaired) electrons. The van der Waals surface area contributed by atoms with Gasteiger partial charge in [-0.1, -0.05) is 12.1 Å². The number of ether oxygens (including phenoxy) is 1. The van der Waals surface area contributed by atoms with Gasteiger partial charge in [0, 0.05) is 26.2 Å². The van der Waals surface area contributed by atoms with Gasteiger partial charge in [0.25, 0.3) is 11.8 Å². The van der Waals surface area contributed by atoms with Crippen LogP contribution in [0, 0.1) is 5.82 Å². The van der Waals surface area contributed by atoms with E-state index in [2.05, 4.69) is 5.32 Å². The fourth-order valence-electron chi connectivity index (χ4n) is 2.56. The summed E-state index contributed by atoms with van der Waals surface area (Å²) < 4.78 is 23.9. The number of nitrogens with zero attached hydrogens (tertiary/aromatic N) is 1. The Labute approximate surface area is 167 Å². The predicted octanol–water partition coefficient (Wildman–Crippen LogP) is 3.63. The first-order valence-electron chi connectivity index (χ1n) is 8.98. The van der Waals surface area contributed by atoms with Crippen molar-refractivity contribution in [2.45, 2.75) is 13.2 Å². The number of benzene rings is 2. The van der Waals surface area contributed by atoms with Crippen molar-refractivity contribution in [2.24, 2.45) is 0 Å². The molecule has 7 heteroatoms. The third-order valence-corrected chi connectivity index (χ3v) is 4.14. The second-order valence-electron chi connectivity index (χ2n) is 6.59. The summed E-state index contributed by atoms with van der Waals surface area (Å²) in [6, 6.07) is 15.9. The van der Waals surface area contributed by atoms with E-state index in [1.165, 1.54) is 29.2 Å². The number of hydrogen-bond acceptors (Lipinski definition) is 4. The predicted molar refractivity (Wildman–Crippen MR) is 105 cm³/mol. The Morgan fingerprint density at radius 1 is 1.00 bits per heavy atom. The Bertz CT molecular complexity index is 979. The summed E-state index contributed by atoms with van der Waals surface area (Å²) in [6.45, 7) is 0.428. The van der Waals surface area contributed by atoms with Crippen LogP contribution >= 0.6 is 0 Å². The van der Waals surface area contributed by atoms with E-state index in [1.807, 2.05) is 0 Å². The quantitative estimate of drug-likeness (QED) is 0.662. The minimum absolute atomic E-state index is 0.0773. The van der Waals surface area contributed by atoms with Gasteiger partial charge in [-0.2, -0.15) is 0 Å². The number of rotatable bonds is 7. The highest BCUT2D eigenvalue weighted by atomic mass is 19.1. The minimum Gasteiger partial charge on any atom is -0.486 e. The molecule has 0 aliphatic rings. The maximum atomic E-state index is 12.9. The molecule has 0 fully saturated rings. The molecule has 2 aromatic carbocycles. The van der Waals surface area contributed by atoms with E-state index in [-0.39, 0.29) is 30.0 Å². The highest BCUT2D eigenvalue weighted by Crippen LogP contribution is 2.15. The zero-order chi connectivity index (χ0) is 20.8. The lowest BCUT2D eigenvalue weighted by Crippen LogP contribution is -2.23. The van der Waals surface area contributed by atoms with Crippen LogP contribution in [0.3, 0.4) is 0 Å². The van der Waals surface area contributed by atoms with Gasteiger partial charge in [0.2, 0.25) is 0 Å². The molecule has 0 bridgehead atoms. The first-order valence-corrected chi connectivity index (χ1v) is 8.98. The molecule has 150 valence electrons. The van der Waals surface area contributed by atoms with Gasteiger partial charge in [0.1, 0.15) is 23.9 Å². The van der Waals surface area contributed by atoms with Crippen molar-refractivity contribution in [3.05, 3.63) is 89.1 Å². The van der Waals surface area contributed by atoms with Crippen molar-refractivity contribution in [1.29, 1.82) is 0 Å². The summed E-state index contributed by atoms with van der Waals surface area (Å²) in [5.41, 5.74) is 1.45. The van der Waals surface area contributed by atoms with Crippen LogP contribution in [0.4, 0.5) is 4.39 Å². The number of carbonyl (C=O) groups excluding carboxylic acids is 2. The van der Waals surface area contributed by atoms with Crippen molar-refractivity contribution in [1.82, 2.24) is 10.2 Å². The number of furan rings is 1. The van der Waals surface area contributed by atoms with E-state index < -0.39 is 0 Å². The third-order valence-electron chi connectivity index (χ3n) is 4.14. The van der Waals surface area contributed by atoms with Gasteiger partial charge in [-0.25, -0.2) is 4.39 Å². The maximum Gasteiger partial charge on any atom is 0.287 e. The van der Waals surface area contributed by atoms with Gasteiger partial charge < -0.3 is 19.4 Å². The van der Waals surface area contributed by atoms with Crippen LogP contribution in [-0.2, 0) is 13.2 Å².